The van der Waals surface area contributed by atoms with Gasteiger partial charge in [-0.1, -0.05) is 77.3 Å². The monoisotopic (exact) mass is 527 g/mol. The van der Waals surface area contributed by atoms with Crippen LogP contribution in [0.3, 0.4) is 0 Å². The predicted octanol–water partition coefficient (Wildman–Crippen LogP) is 6.87. The molecule has 0 aromatic heterocycles. The van der Waals surface area contributed by atoms with Crippen LogP contribution in [0.5, 0.6) is 0 Å². The number of nitrogens with one attached hydrogen (secondary N) is 1. The molecular weight excluding hydrogens is 498 g/mol. The second-order valence-electron chi connectivity index (χ2n) is 8.47. The van der Waals surface area contributed by atoms with E-state index in [1.165, 1.54) is 28.6 Å². The summed E-state index contributed by atoms with van der Waals surface area (Å²) in [5.41, 5.74) is 5.47. The summed E-state index contributed by atoms with van der Waals surface area (Å²) in [5.74, 6) is 0.0279. The van der Waals surface area contributed by atoms with E-state index < -0.39 is 0 Å². The van der Waals surface area contributed by atoms with Gasteiger partial charge in [0.1, 0.15) is 0 Å². The smallest absolute Gasteiger partial charge is 0.227 e. The molecule has 0 spiro atoms. The Hall–Kier alpha value is -2.37. The number of rotatable bonds is 8. The number of allylic oxidation sites excluding steroid dienone is 2. The first-order valence-corrected chi connectivity index (χ1v) is 12.4. The molecule has 174 valence electrons. The number of halogens is 2. The predicted molar refractivity (Wildman–Crippen MR) is 143 cm³/mol. The van der Waals surface area contributed by atoms with E-state index in [9.17, 15) is 4.79 Å². The molecule has 1 fully saturated rings. The number of nitrogens with zero attached hydrogens (tertiary/aromatic N) is 2. The van der Waals surface area contributed by atoms with Crippen molar-refractivity contribution in [3.8, 4) is 0 Å². The first-order valence-electron chi connectivity index (χ1n) is 11.3. The number of amides is 1. The Kier molecular flexibility index (Phi) is 8.93. The van der Waals surface area contributed by atoms with E-state index in [1.807, 2.05) is 11.0 Å². The van der Waals surface area contributed by atoms with Crippen molar-refractivity contribution in [2.24, 2.45) is 0 Å². The molecule has 2 aromatic rings. The number of hydrogen-bond donors (Lipinski definition) is 1. The third kappa shape index (κ3) is 6.58. The molecule has 0 saturated carbocycles. The largest absolute Gasteiger partial charge is 0.361 e. The zero-order valence-electron chi connectivity index (χ0n) is 19.3. The average molecular weight is 529 g/mol. The normalized spacial score (nSPS) is 16.6. The van der Waals surface area contributed by atoms with E-state index in [0.717, 1.165) is 24.4 Å². The van der Waals surface area contributed by atoms with Crippen molar-refractivity contribution in [1.82, 2.24) is 4.90 Å². The van der Waals surface area contributed by atoms with Crippen LogP contribution in [0, 0.1) is 12.3 Å². The van der Waals surface area contributed by atoms with Gasteiger partial charge in [-0.05, 0) is 54.3 Å². The van der Waals surface area contributed by atoms with E-state index in [-0.39, 0.29) is 18.4 Å². The Morgan fingerprint density at radius 3 is 2.61 bits per heavy atom. The van der Waals surface area contributed by atoms with Crippen molar-refractivity contribution >= 4 is 45.3 Å². The van der Waals surface area contributed by atoms with Gasteiger partial charge in [0.25, 0.3) is 0 Å². The third-order valence-corrected chi connectivity index (χ3v) is 6.41. The van der Waals surface area contributed by atoms with Crippen molar-refractivity contribution in [3.05, 3.63) is 86.9 Å². The summed E-state index contributed by atoms with van der Waals surface area (Å²) >= 11 is 9.61. The molecule has 0 aliphatic carbocycles. The zero-order chi connectivity index (χ0) is 24.0. The van der Waals surface area contributed by atoms with Gasteiger partial charge in [-0.25, -0.2) is 0 Å². The van der Waals surface area contributed by atoms with Crippen LogP contribution in [0.1, 0.15) is 42.5 Å². The summed E-state index contributed by atoms with van der Waals surface area (Å²) in [6.45, 7) is 10.0. The van der Waals surface area contributed by atoms with Gasteiger partial charge in [0.15, 0.2) is 0 Å². The fourth-order valence-electron chi connectivity index (χ4n) is 4.31. The maximum Gasteiger partial charge on any atom is 0.227 e. The Labute approximate surface area is 210 Å². The average Bonchev–Trinajstić information content (AvgIpc) is 2.79. The first-order chi connectivity index (χ1) is 15.8. The molecule has 1 heterocycles. The highest BCUT2D eigenvalue weighted by molar-refractivity contribution is 9.11. The first kappa shape index (κ1) is 25.3. The molecule has 3 rings (SSSR count). The lowest BCUT2D eigenvalue weighted by atomic mass is 9.97. The quantitative estimate of drug-likeness (QED) is 0.300. The summed E-state index contributed by atoms with van der Waals surface area (Å²) in [7, 11) is 0. The van der Waals surface area contributed by atoms with Crippen molar-refractivity contribution in [3.63, 3.8) is 0 Å². The van der Waals surface area contributed by atoms with Crippen LogP contribution in [0.4, 0.5) is 5.69 Å². The fraction of sp³-hybridized carbons (Fsp3) is 0.333. The minimum atomic E-state index is 0.0279. The summed E-state index contributed by atoms with van der Waals surface area (Å²) in [6, 6.07) is 14.7. The summed E-state index contributed by atoms with van der Waals surface area (Å²) in [4.78, 5) is 17.5. The van der Waals surface area contributed by atoms with Crippen LogP contribution in [-0.4, -0.2) is 36.7 Å². The number of piperazine rings is 1. The molecule has 1 atom stereocenters. The van der Waals surface area contributed by atoms with Crippen molar-refractivity contribution in [2.45, 2.75) is 39.2 Å². The van der Waals surface area contributed by atoms with Gasteiger partial charge >= 0.3 is 0 Å². The van der Waals surface area contributed by atoms with E-state index in [0.29, 0.717) is 23.1 Å². The number of anilines is 1. The van der Waals surface area contributed by atoms with Crippen molar-refractivity contribution in [2.75, 3.05) is 24.5 Å². The SMILES string of the molecule is C=C(Br)/C=C(\C=N)CC(=O)N1CCN(c2ccc(Cl)cc2CCC)C(c2ccc(C)cc2)C1. The standard InChI is InChI=1S/C27H31BrClN3O/c1-4-5-23-16-24(29)10-11-25(23)32-13-12-31(27(33)15-21(17-30)14-20(3)28)18-26(32)22-8-6-19(2)7-9-22/h6-11,14,16-17,26,30H,3-5,12-13,15,18H2,1-2H3/b21-14-,30-17?. The summed E-state index contributed by atoms with van der Waals surface area (Å²) in [6.07, 6.45) is 5.14. The number of carbonyl (C=O) groups excluding carboxylic acids is 1. The van der Waals surface area contributed by atoms with Gasteiger partial charge in [0.05, 0.1) is 12.5 Å². The van der Waals surface area contributed by atoms with Gasteiger partial charge in [-0.15, -0.1) is 0 Å². The molecule has 2 aromatic carbocycles. The zero-order valence-corrected chi connectivity index (χ0v) is 21.6. The molecule has 1 N–H and O–H groups in total. The molecule has 1 aliphatic rings. The Bertz CT molecular complexity index is 1050. The number of benzene rings is 2. The van der Waals surface area contributed by atoms with E-state index in [1.54, 1.807) is 6.08 Å². The molecule has 1 unspecified atom stereocenters. The Morgan fingerprint density at radius 1 is 1.24 bits per heavy atom. The third-order valence-electron chi connectivity index (χ3n) is 5.95. The van der Waals surface area contributed by atoms with Gasteiger partial charge in [-0.3, -0.25) is 4.79 Å². The summed E-state index contributed by atoms with van der Waals surface area (Å²) in [5, 5.41) is 8.39. The molecule has 1 amide bonds. The molecule has 6 heteroatoms. The van der Waals surface area contributed by atoms with Gasteiger partial charge < -0.3 is 15.2 Å². The van der Waals surface area contributed by atoms with Crippen LogP contribution >= 0.6 is 27.5 Å². The molecule has 0 bridgehead atoms. The number of carbonyl (C=O) groups is 1. The second kappa shape index (κ2) is 11.7. The molecule has 4 nitrogen and oxygen atoms in total. The second-order valence-corrected chi connectivity index (χ2v) is 9.92. The van der Waals surface area contributed by atoms with Gasteiger partial charge in [0, 0.05) is 41.0 Å². The summed E-state index contributed by atoms with van der Waals surface area (Å²) < 4.78 is 0.655. The fourth-order valence-corrected chi connectivity index (χ4v) is 4.80. The van der Waals surface area contributed by atoms with Crippen LogP contribution in [0.25, 0.3) is 0 Å². The maximum absolute atomic E-state index is 13.1. The van der Waals surface area contributed by atoms with Crippen molar-refractivity contribution < 1.29 is 4.79 Å². The molecule has 0 radical (unpaired) electrons. The van der Waals surface area contributed by atoms with E-state index in [2.05, 4.69) is 77.7 Å². The molecule has 1 aliphatic heterocycles. The highest BCUT2D eigenvalue weighted by atomic mass is 79.9. The minimum absolute atomic E-state index is 0.0279. The highest BCUT2D eigenvalue weighted by Gasteiger charge is 2.32. The van der Waals surface area contributed by atoms with Crippen molar-refractivity contribution in [1.29, 1.82) is 5.41 Å². The lowest BCUT2D eigenvalue weighted by molar-refractivity contribution is -0.131. The molecule has 1 saturated heterocycles. The van der Waals surface area contributed by atoms with Crippen LogP contribution in [0.2, 0.25) is 5.02 Å². The number of hydrogen-bond acceptors (Lipinski definition) is 3. The highest BCUT2D eigenvalue weighted by Crippen LogP contribution is 2.35. The Morgan fingerprint density at radius 2 is 1.97 bits per heavy atom. The molecular formula is C27H31BrClN3O. The van der Waals surface area contributed by atoms with Crippen LogP contribution < -0.4 is 4.90 Å². The Balaban J connectivity index is 1.92. The van der Waals surface area contributed by atoms with Gasteiger partial charge in [-0.2, -0.15) is 0 Å². The minimum Gasteiger partial charge on any atom is -0.361 e. The van der Waals surface area contributed by atoms with Crippen LogP contribution in [0.15, 0.2) is 65.2 Å². The molecule has 33 heavy (non-hydrogen) atoms. The van der Waals surface area contributed by atoms with Crippen LogP contribution in [-0.2, 0) is 11.2 Å². The van der Waals surface area contributed by atoms with E-state index in [4.69, 9.17) is 17.0 Å². The lowest BCUT2D eigenvalue weighted by Gasteiger charge is -2.44. The van der Waals surface area contributed by atoms with Gasteiger partial charge in [0.2, 0.25) is 5.91 Å². The number of aryl methyl sites for hydroxylation is 2. The topological polar surface area (TPSA) is 47.4 Å². The maximum atomic E-state index is 13.1. The van der Waals surface area contributed by atoms with E-state index >= 15 is 0 Å². The lowest BCUT2D eigenvalue weighted by Crippen LogP contribution is -2.51.